The van der Waals surface area contributed by atoms with E-state index in [1.165, 1.54) is 105 Å². The molecule has 5 unspecified atom stereocenters. The zero-order valence-electron chi connectivity index (χ0n) is 39.0. The summed E-state index contributed by atoms with van der Waals surface area (Å²) >= 11 is 4.34. The van der Waals surface area contributed by atoms with Crippen molar-refractivity contribution in [2.24, 2.45) is 34.1 Å². The lowest BCUT2D eigenvalue weighted by Gasteiger charge is -2.52. The zero-order valence-corrected chi connectivity index (χ0v) is 39.9. The number of thiol groups is 1. The van der Waals surface area contributed by atoms with Crippen LogP contribution in [0, 0.1) is 41.4 Å². The lowest BCUT2D eigenvalue weighted by Crippen LogP contribution is -2.57. The summed E-state index contributed by atoms with van der Waals surface area (Å²) in [5.74, 6) is 3.86. The molecule has 6 rings (SSSR count). The van der Waals surface area contributed by atoms with E-state index in [1.54, 1.807) is 0 Å². The molecular weight excluding hydrogens is 713 g/mol. The fraction of sp³-hybridized carbons (Fsp3) is 0.654. The summed E-state index contributed by atoms with van der Waals surface area (Å²) in [6, 6.07) is 20.1. The van der Waals surface area contributed by atoms with Gasteiger partial charge in [-0.15, -0.1) is 0 Å². The quantitative estimate of drug-likeness (QED) is 0.110. The number of benzene rings is 2. The van der Waals surface area contributed by atoms with Gasteiger partial charge in [-0.3, -0.25) is 9.89 Å². The van der Waals surface area contributed by atoms with E-state index in [-0.39, 0.29) is 0 Å². The van der Waals surface area contributed by atoms with Crippen LogP contribution in [0.5, 0.6) is 0 Å². The van der Waals surface area contributed by atoms with Crippen LogP contribution in [-0.2, 0) is 0 Å². The molecule has 2 aliphatic heterocycles. The summed E-state index contributed by atoms with van der Waals surface area (Å²) in [4.78, 5) is 6.96. The number of nitrogens with one attached hydrogen (secondary N) is 2. The van der Waals surface area contributed by atoms with Crippen molar-refractivity contribution in [1.82, 2.24) is 10.2 Å². The molecule has 2 bridgehead atoms. The van der Waals surface area contributed by atoms with Gasteiger partial charge in [0.25, 0.3) is 0 Å². The molecule has 2 N–H and O–H groups in total. The van der Waals surface area contributed by atoms with Crippen LogP contribution < -0.4 is 5.32 Å². The minimum Gasteiger partial charge on any atom is -0.320 e. The third kappa shape index (κ3) is 21.9. The normalized spacial score (nSPS) is 18.8. The van der Waals surface area contributed by atoms with Gasteiger partial charge in [0.1, 0.15) is 0 Å². The molecule has 4 aliphatic rings. The van der Waals surface area contributed by atoms with Crippen molar-refractivity contribution in [3.8, 4) is 0 Å². The molecule has 4 nitrogen and oxygen atoms in total. The Morgan fingerprint density at radius 1 is 1.00 bits per heavy atom. The summed E-state index contributed by atoms with van der Waals surface area (Å²) in [7, 11) is 3.83. The smallest absolute Gasteiger partial charge is 0.0302 e. The Morgan fingerprint density at radius 2 is 1.63 bits per heavy atom. The van der Waals surface area contributed by atoms with E-state index in [1.807, 2.05) is 63.5 Å². The Morgan fingerprint density at radius 3 is 2.04 bits per heavy atom. The first-order valence-electron chi connectivity index (χ1n) is 22.6. The zero-order chi connectivity index (χ0) is 42.8. The van der Waals surface area contributed by atoms with E-state index < -0.39 is 0 Å². The Hall–Kier alpha value is -2.47. The van der Waals surface area contributed by atoms with Crippen molar-refractivity contribution >= 4 is 35.7 Å². The van der Waals surface area contributed by atoms with Crippen LogP contribution in [0.25, 0.3) is 11.6 Å². The highest BCUT2D eigenvalue weighted by atomic mass is 32.1. The van der Waals surface area contributed by atoms with Gasteiger partial charge < -0.3 is 10.7 Å². The van der Waals surface area contributed by atoms with Crippen LogP contribution in [0.2, 0.25) is 0 Å². The second-order valence-corrected chi connectivity index (χ2v) is 18.4. The second-order valence-electron chi connectivity index (χ2n) is 18.1. The fourth-order valence-corrected chi connectivity index (χ4v) is 8.01. The average molecular weight is 801 g/mol. The van der Waals surface area contributed by atoms with Crippen LogP contribution in [0.15, 0.2) is 72.2 Å². The van der Waals surface area contributed by atoms with E-state index in [0.717, 1.165) is 36.3 Å². The van der Waals surface area contributed by atoms with Crippen molar-refractivity contribution in [3.63, 3.8) is 0 Å². The standard InChI is InChI=1S/C21H28N2S.C14H29N.C7H14.C6H6.C4H11N/c1-4-16-10-15(2)7-8-21(16)17-11-19-13-20(12-17)23(19)9-5-6-18(14-24)22-3;1-6-8-11(2)9-7-10-12(3)13(4)14(5)15;1-7(2,3)6-4-5-6;1-2-4-6-5-3-1;1-3-4-5-2/h4,7-8,10-11,19-20,24H,1,5-6,9,12-14H2,2-3H3;11-13,15H,6-10H2,1-5H3;6H,4-5H2,1-3H3;1-6H;5H,3-4H2,1-2H3. The first-order chi connectivity index (χ1) is 27.2. The maximum Gasteiger partial charge on any atom is 0.0302 e. The summed E-state index contributed by atoms with van der Waals surface area (Å²) < 4.78 is 0. The molecule has 322 valence electrons. The summed E-state index contributed by atoms with van der Waals surface area (Å²) in [6.45, 7) is 28.6. The Bertz CT molecular complexity index is 1390. The topological polar surface area (TPSA) is 51.5 Å². The van der Waals surface area contributed by atoms with Gasteiger partial charge in [-0.2, -0.15) is 12.6 Å². The molecule has 5 atom stereocenters. The molecule has 2 aliphatic carbocycles. The van der Waals surface area contributed by atoms with E-state index in [2.05, 4.69) is 121 Å². The number of rotatable bonds is 17. The molecule has 2 aromatic rings. The van der Waals surface area contributed by atoms with Crippen LogP contribution >= 0.6 is 12.6 Å². The SMILES string of the molecule is C=Cc1cc(C)ccc1C1=CC2CC(C1)N2CCCC(CS)=NC.CC(C)(C)C1CC1.CCCC(C)CCCC(C)C(C)C(C)=N.CCCNC.c1ccccc1. The molecule has 2 aromatic carbocycles. The highest BCUT2D eigenvalue weighted by Crippen LogP contribution is 2.44. The van der Waals surface area contributed by atoms with Crippen LogP contribution in [0.4, 0.5) is 0 Å². The molecule has 57 heavy (non-hydrogen) atoms. The van der Waals surface area contributed by atoms with Crippen molar-refractivity contribution < 1.29 is 0 Å². The Kier molecular flexibility index (Phi) is 27.4. The maximum atomic E-state index is 7.62. The third-order valence-electron chi connectivity index (χ3n) is 12.1. The minimum atomic E-state index is 0.464. The monoisotopic (exact) mass is 801 g/mol. The van der Waals surface area contributed by atoms with Crippen molar-refractivity contribution in [3.05, 3.63) is 83.9 Å². The predicted molar refractivity (Wildman–Crippen MR) is 262 cm³/mol. The van der Waals surface area contributed by atoms with Gasteiger partial charge in [0.2, 0.25) is 0 Å². The highest BCUT2D eigenvalue weighted by Gasteiger charge is 2.41. The van der Waals surface area contributed by atoms with Crippen molar-refractivity contribution in [2.45, 2.75) is 158 Å². The van der Waals surface area contributed by atoms with E-state index >= 15 is 0 Å². The molecule has 1 saturated carbocycles. The highest BCUT2D eigenvalue weighted by molar-refractivity contribution is 7.81. The Labute approximate surface area is 359 Å². The number of aliphatic imine (C=N–C) groups is 1. The van der Waals surface area contributed by atoms with E-state index in [4.69, 9.17) is 5.41 Å². The first kappa shape index (κ1) is 52.5. The molecule has 0 spiro atoms. The van der Waals surface area contributed by atoms with Crippen LogP contribution in [0.3, 0.4) is 0 Å². The van der Waals surface area contributed by atoms with Crippen molar-refractivity contribution in [2.75, 3.05) is 32.9 Å². The number of fused-ring (bicyclic) bond motifs is 1. The van der Waals surface area contributed by atoms with Gasteiger partial charge in [-0.05, 0) is 125 Å². The van der Waals surface area contributed by atoms with Gasteiger partial charge in [0, 0.05) is 36.3 Å². The number of hydrogen-bond acceptors (Lipinski definition) is 5. The van der Waals surface area contributed by atoms with Gasteiger partial charge in [-0.25, -0.2) is 0 Å². The largest absolute Gasteiger partial charge is 0.320 e. The number of aryl methyl sites for hydroxylation is 1. The molecule has 0 radical (unpaired) electrons. The molecule has 0 aromatic heterocycles. The minimum absolute atomic E-state index is 0.464. The van der Waals surface area contributed by atoms with Crippen molar-refractivity contribution in [1.29, 1.82) is 5.41 Å². The maximum absolute atomic E-state index is 7.62. The van der Waals surface area contributed by atoms with E-state index in [0.29, 0.717) is 29.3 Å². The lowest BCUT2D eigenvalue weighted by molar-refractivity contribution is 0.0382. The van der Waals surface area contributed by atoms with Gasteiger partial charge in [0.15, 0.2) is 0 Å². The third-order valence-corrected chi connectivity index (χ3v) is 12.4. The van der Waals surface area contributed by atoms with Gasteiger partial charge in [-0.1, -0.05) is 166 Å². The fourth-order valence-electron chi connectivity index (χ4n) is 7.71. The number of hydrogen-bond donors (Lipinski definition) is 3. The average Bonchev–Trinajstić information content (AvgIpc) is 4.07. The molecule has 0 amide bonds. The Balaban J connectivity index is 0.000000415. The van der Waals surface area contributed by atoms with Crippen LogP contribution in [0.1, 0.15) is 156 Å². The van der Waals surface area contributed by atoms with Gasteiger partial charge in [0.05, 0.1) is 0 Å². The number of nitrogens with zero attached hydrogens (tertiary/aromatic N) is 2. The van der Waals surface area contributed by atoms with Crippen LogP contribution in [-0.4, -0.2) is 61.3 Å². The molecule has 2 fully saturated rings. The second kappa shape index (κ2) is 29.7. The summed E-state index contributed by atoms with van der Waals surface area (Å²) in [5, 5.41) is 10.6. The first-order valence-corrected chi connectivity index (χ1v) is 23.2. The molecular formula is C52H88N4S. The van der Waals surface area contributed by atoms with Gasteiger partial charge >= 0.3 is 0 Å². The molecule has 5 heteroatoms. The molecule has 1 saturated heterocycles. The van der Waals surface area contributed by atoms with E-state index in [9.17, 15) is 0 Å². The predicted octanol–water partition coefficient (Wildman–Crippen LogP) is 14.3. The summed E-state index contributed by atoms with van der Waals surface area (Å²) in [6.07, 6.45) is 20.1. The lowest BCUT2D eigenvalue weighted by atomic mass is 9.77. The molecule has 2 heterocycles. The summed E-state index contributed by atoms with van der Waals surface area (Å²) in [5.41, 5.74) is 8.12.